The van der Waals surface area contributed by atoms with Crippen LogP contribution in [-0.2, 0) is 13.5 Å². The molecule has 2 aromatic heterocycles. The van der Waals surface area contributed by atoms with Crippen LogP contribution in [0.25, 0.3) is 0 Å². The lowest BCUT2D eigenvalue weighted by Gasteiger charge is -2.13. The van der Waals surface area contributed by atoms with Crippen LogP contribution in [0.2, 0.25) is 0 Å². The second-order valence-electron chi connectivity index (χ2n) is 3.53. The van der Waals surface area contributed by atoms with Gasteiger partial charge >= 0.3 is 0 Å². The van der Waals surface area contributed by atoms with Crippen LogP contribution in [-0.4, -0.2) is 21.8 Å². The van der Waals surface area contributed by atoms with Crippen LogP contribution in [0.15, 0.2) is 21.6 Å². The van der Waals surface area contributed by atoms with Gasteiger partial charge in [0.25, 0.3) is 0 Å². The first-order valence-electron chi connectivity index (χ1n) is 4.94. The first kappa shape index (κ1) is 11.8. The third kappa shape index (κ3) is 2.50. The highest BCUT2D eigenvalue weighted by Crippen LogP contribution is 2.26. The summed E-state index contributed by atoms with van der Waals surface area (Å²) in [5, 5.41) is 9.53. The van der Waals surface area contributed by atoms with E-state index in [4.69, 9.17) is 0 Å². The second-order valence-corrected chi connectivity index (χ2v) is 5.82. The Balaban J connectivity index is 2.15. The molecule has 4 nitrogen and oxygen atoms in total. The molecule has 0 saturated heterocycles. The molecule has 2 rings (SSSR count). The molecule has 0 aromatic carbocycles. The molecular formula is C10H13BrN4S. The van der Waals surface area contributed by atoms with Crippen LogP contribution in [0.3, 0.4) is 0 Å². The van der Waals surface area contributed by atoms with E-state index in [0.717, 1.165) is 16.0 Å². The Morgan fingerprint density at radius 2 is 2.44 bits per heavy atom. The van der Waals surface area contributed by atoms with Crippen molar-refractivity contribution in [1.29, 1.82) is 0 Å². The lowest BCUT2D eigenvalue weighted by atomic mass is 10.1. The molecule has 0 amide bonds. The van der Waals surface area contributed by atoms with E-state index < -0.39 is 0 Å². The molecule has 1 unspecified atom stereocenters. The van der Waals surface area contributed by atoms with E-state index >= 15 is 0 Å². The van der Waals surface area contributed by atoms with Crippen LogP contribution in [0, 0.1) is 0 Å². The number of hydrogen-bond acceptors (Lipinski definition) is 4. The number of nitrogens with zero attached hydrogens (tertiary/aromatic N) is 3. The van der Waals surface area contributed by atoms with Gasteiger partial charge in [-0.25, -0.2) is 4.98 Å². The molecule has 86 valence electrons. The standard InChI is InChI=1S/C10H13BrN4S/c1-12-8(7-3-9(11)16-5-7)4-10-13-6-14-15(10)2/h3,5-6,8,12H,4H2,1-2H3. The monoisotopic (exact) mass is 300 g/mol. The van der Waals surface area contributed by atoms with Crippen LogP contribution < -0.4 is 5.32 Å². The summed E-state index contributed by atoms with van der Waals surface area (Å²) in [7, 11) is 3.88. The minimum atomic E-state index is 0.283. The van der Waals surface area contributed by atoms with Crippen LogP contribution >= 0.6 is 27.3 Å². The Hall–Kier alpha value is -0.720. The van der Waals surface area contributed by atoms with E-state index in [2.05, 4.69) is 42.8 Å². The highest BCUT2D eigenvalue weighted by atomic mass is 79.9. The summed E-state index contributed by atoms with van der Waals surface area (Å²) < 4.78 is 2.96. The maximum atomic E-state index is 4.24. The summed E-state index contributed by atoms with van der Waals surface area (Å²) >= 11 is 5.18. The highest BCUT2D eigenvalue weighted by Gasteiger charge is 2.14. The molecule has 6 heteroatoms. The Bertz CT molecular complexity index is 465. The number of rotatable bonds is 4. The summed E-state index contributed by atoms with van der Waals surface area (Å²) in [6.07, 6.45) is 2.43. The fourth-order valence-corrected chi connectivity index (χ4v) is 2.81. The van der Waals surface area contributed by atoms with Gasteiger partial charge in [-0.3, -0.25) is 4.68 Å². The van der Waals surface area contributed by atoms with Gasteiger partial charge in [-0.05, 0) is 40.0 Å². The summed E-state index contributed by atoms with van der Waals surface area (Å²) in [5.74, 6) is 0.988. The molecule has 0 fully saturated rings. The first-order valence-corrected chi connectivity index (χ1v) is 6.62. The zero-order valence-electron chi connectivity index (χ0n) is 9.14. The molecule has 1 N–H and O–H groups in total. The zero-order chi connectivity index (χ0) is 11.5. The molecule has 2 heterocycles. The number of nitrogens with one attached hydrogen (secondary N) is 1. The van der Waals surface area contributed by atoms with Crippen molar-refractivity contribution >= 4 is 27.3 Å². The van der Waals surface area contributed by atoms with Gasteiger partial charge < -0.3 is 5.32 Å². The Morgan fingerprint density at radius 3 is 2.94 bits per heavy atom. The second kappa shape index (κ2) is 5.07. The predicted molar refractivity (Wildman–Crippen MR) is 68.5 cm³/mol. The summed E-state index contributed by atoms with van der Waals surface area (Å²) in [6, 6.07) is 2.42. The van der Waals surface area contributed by atoms with Gasteiger partial charge in [0.2, 0.25) is 0 Å². The van der Waals surface area contributed by atoms with Crippen molar-refractivity contribution in [3.8, 4) is 0 Å². The van der Waals surface area contributed by atoms with Crippen molar-refractivity contribution in [2.24, 2.45) is 7.05 Å². The van der Waals surface area contributed by atoms with Crippen LogP contribution in [0.1, 0.15) is 17.4 Å². The number of aromatic nitrogens is 3. The summed E-state index contributed by atoms with van der Waals surface area (Å²) in [5.41, 5.74) is 1.28. The minimum absolute atomic E-state index is 0.283. The van der Waals surface area contributed by atoms with Crippen molar-refractivity contribution in [2.45, 2.75) is 12.5 Å². The first-order chi connectivity index (χ1) is 7.70. The van der Waals surface area contributed by atoms with E-state index in [9.17, 15) is 0 Å². The lowest BCUT2D eigenvalue weighted by molar-refractivity contribution is 0.554. The smallest absolute Gasteiger partial charge is 0.138 e. The van der Waals surface area contributed by atoms with Gasteiger partial charge in [0.05, 0.1) is 3.79 Å². The Labute approximate surface area is 107 Å². The Morgan fingerprint density at radius 1 is 1.62 bits per heavy atom. The van der Waals surface area contributed by atoms with Crippen LogP contribution in [0.5, 0.6) is 0 Å². The van der Waals surface area contributed by atoms with E-state index in [1.165, 1.54) is 5.56 Å². The normalized spacial score (nSPS) is 12.9. The van der Waals surface area contributed by atoms with Crippen molar-refractivity contribution < 1.29 is 0 Å². The fourth-order valence-electron chi connectivity index (χ4n) is 1.58. The van der Waals surface area contributed by atoms with E-state index in [1.54, 1.807) is 17.7 Å². The van der Waals surface area contributed by atoms with Gasteiger partial charge in [-0.2, -0.15) is 5.10 Å². The largest absolute Gasteiger partial charge is 0.313 e. The minimum Gasteiger partial charge on any atom is -0.313 e. The maximum absolute atomic E-state index is 4.24. The fraction of sp³-hybridized carbons (Fsp3) is 0.400. The zero-order valence-corrected chi connectivity index (χ0v) is 11.5. The predicted octanol–water partition coefficient (Wildman–Crippen LogP) is 2.14. The quantitative estimate of drug-likeness (QED) is 0.941. The van der Waals surface area contributed by atoms with Gasteiger partial charge in [0.1, 0.15) is 12.2 Å². The molecule has 1 atom stereocenters. The third-order valence-electron chi connectivity index (χ3n) is 2.53. The highest BCUT2D eigenvalue weighted by molar-refractivity contribution is 9.11. The molecule has 0 aliphatic heterocycles. The SMILES string of the molecule is CNC(Cc1ncnn1C)c1csc(Br)c1. The molecule has 0 radical (unpaired) electrons. The van der Waals surface area contributed by atoms with Crippen molar-refractivity contribution in [3.63, 3.8) is 0 Å². The number of hydrogen-bond donors (Lipinski definition) is 1. The molecule has 0 spiro atoms. The molecule has 0 bridgehead atoms. The summed E-state index contributed by atoms with van der Waals surface area (Å²) in [6.45, 7) is 0. The van der Waals surface area contributed by atoms with E-state index in [0.29, 0.717) is 0 Å². The number of aryl methyl sites for hydroxylation is 1. The van der Waals surface area contributed by atoms with E-state index in [1.807, 2.05) is 18.8 Å². The van der Waals surface area contributed by atoms with Gasteiger partial charge in [0, 0.05) is 19.5 Å². The lowest BCUT2D eigenvalue weighted by Crippen LogP contribution is -2.20. The molecule has 0 aliphatic carbocycles. The Kier molecular flexibility index (Phi) is 3.73. The molecule has 16 heavy (non-hydrogen) atoms. The van der Waals surface area contributed by atoms with Crippen LogP contribution in [0.4, 0.5) is 0 Å². The van der Waals surface area contributed by atoms with Crippen molar-refractivity contribution in [3.05, 3.63) is 32.9 Å². The molecule has 0 aliphatic rings. The number of thiophene rings is 1. The third-order valence-corrected chi connectivity index (χ3v) is 4.05. The number of likely N-dealkylation sites (N-methyl/N-ethyl adjacent to an activating group) is 1. The van der Waals surface area contributed by atoms with Crippen molar-refractivity contribution in [1.82, 2.24) is 20.1 Å². The van der Waals surface area contributed by atoms with Gasteiger partial charge in [0.15, 0.2) is 0 Å². The van der Waals surface area contributed by atoms with Crippen molar-refractivity contribution in [2.75, 3.05) is 7.05 Å². The topological polar surface area (TPSA) is 42.7 Å². The molecule has 2 aromatic rings. The number of halogens is 1. The molecule has 0 saturated carbocycles. The average Bonchev–Trinajstić information content (AvgIpc) is 2.85. The molecular weight excluding hydrogens is 288 g/mol. The average molecular weight is 301 g/mol. The maximum Gasteiger partial charge on any atom is 0.138 e. The van der Waals surface area contributed by atoms with E-state index in [-0.39, 0.29) is 6.04 Å². The van der Waals surface area contributed by atoms with Gasteiger partial charge in [-0.1, -0.05) is 0 Å². The summed E-state index contributed by atoms with van der Waals surface area (Å²) in [4.78, 5) is 4.24. The van der Waals surface area contributed by atoms with Gasteiger partial charge in [-0.15, -0.1) is 11.3 Å².